The van der Waals surface area contributed by atoms with Crippen LogP contribution in [0.5, 0.6) is 0 Å². The Morgan fingerprint density at radius 1 is 1.10 bits per heavy atom. The Bertz CT molecular complexity index is 157. The van der Waals surface area contributed by atoms with E-state index in [1.54, 1.807) is 0 Å². The molecule has 2 aliphatic rings. The van der Waals surface area contributed by atoms with Gasteiger partial charge in [-0.25, -0.2) is 0 Å². The molecule has 2 saturated carbocycles. The normalized spacial score (nSPS) is 50.1. The fourth-order valence-electron chi connectivity index (χ4n) is 3.21. The van der Waals surface area contributed by atoms with Crippen LogP contribution < -0.4 is 0 Å². The van der Waals surface area contributed by atoms with Crippen LogP contribution in [0, 0.1) is 16.7 Å². The molecule has 2 atom stereocenters. The van der Waals surface area contributed by atoms with E-state index in [0.29, 0.717) is 5.41 Å². The molecule has 0 heterocycles. The van der Waals surface area contributed by atoms with Crippen molar-refractivity contribution in [1.29, 1.82) is 0 Å². The van der Waals surface area contributed by atoms with E-state index in [1.165, 1.54) is 25.7 Å². The first-order valence-electron chi connectivity index (χ1n) is 4.59. The van der Waals surface area contributed by atoms with E-state index < -0.39 is 0 Å². The zero-order valence-electron chi connectivity index (χ0n) is 7.41. The fraction of sp³-hybridized carbons (Fsp3) is 1.00. The molecule has 0 amide bonds. The highest BCUT2D eigenvalue weighted by molar-refractivity contribution is 5.15. The average molecular weight is 138 g/mol. The SMILES string of the molecule is CC1(C)C2CCCCC21C. The van der Waals surface area contributed by atoms with Crippen LogP contribution in [-0.2, 0) is 0 Å². The van der Waals surface area contributed by atoms with Crippen molar-refractivity contribution in [3.63, 3.8) is 0 Å². The molecular weight excluding hydrogens is 120 g/mol. The van der Waals surface area contributed by atoms with Gasteiger partial charge in [-0.2, -0.15) is 0 Å². The van der Waals surface area contributed by atoms with Gasteiger partial charge in [-0.3, -0.25) is 0 Å². The first kappa shape index (κ1) is 6.69. The van der Waals surface area contributed by atoms with Crippen LogP contribution in [0.15, 0.2) is 0 Å². The maximum Gasteiger partial charge on any atom is -0.0238 e. The highest BCUT2D eigenvalue weighted by atomic mass is 14.7. The molecule has 58 valence electrons. The van der Waals surface area contributed by atoms with E-state index in [4.69, 9.17) is 0 Å². The van der Waals surface area contributed by atoms with Gasteiger partial charge >= 0.3 is 0 Å². The Morgan fingerprint density at radius 3 is 2.20 bits per heavy atom. The smallest absolute Gasteiger partial charge is 0.0238 e. The largest absolute Gasteiger partial charge is 0.0591 e. The summed E-state index contributed by atoms with van der Waals surface area (Å²) in [5, 5.41) is 0. The van der Waals surface area contributed by atoms with Crippen LogP contribution in [0.3, 0.4) is 0 Å². The molecule has 0 aromatic carbocycles. The van der Waals surface area contributed by atoms with E-state index in [1.807, 2.05) is 0 Å². The Kier molecular flexibility index (Phi) is 1.07. The molecule has 2 aliphatic carbocycles. The van der Waals surface area contributed by atoms with Crippen LogP contribution in [0.2, 0.25) is 0 Å². The standard InChI is InChI=1S/C10H18/c1-9(2)8-6-4-5-7-10(8,9)3/h8H,4-7H2,1-3H3. The lowest BCUT2D eigenvalue weighted by atomic mass is 9.89. The number of rotatable bonds is 0. The topological polar surface area (TPSA) is 0 Å². The van der Waals surface area contributed by atoms with Crippen LogP contribution in [0.4, 0.5) is 0 Å². The Balaban J connectivity index is 2.20. The molecule has 0 N–H and O–H groups in total. The molecule has 0 bridgehead atoms. The first-order valence-corrected chi connectivity index (χ1v) is 4.59. The van der Waals surface area contributed by atoms with Gasteiger partial charge in [0.2, 0.25) is 0 Å². The average Bonchev–Trinajstić information content (AvgIpc) is 2.30. The van der Waals surface area contributed by atoms with E-state index >= 15 is 0 Å². The minimum absolute atomic E-state index is 0.684. The molecule has 0 aliphatic heterocycles. The van der Waals surface area contributed by atoms with E-state index in [9.17, 15) is 0 Å². The van der Waals surface area contributed by atoms with Crippen molar-refractivity contribution >= 4 is 0 Å². The summed E-state index contributed by atoms with van der Waals surface area (Å²) < 4.78 is 0. The van der Waals surface area contributed by atoms with Crippen LogP contribution in [-0.4, -0.2) is 0 Å². The van der Waals surface area contributed by atoms with Crippen LogP contribution in [0.25, 0.3) is 0 Å². The van der Waals surface area contributed by atoms with E-state index in [0.717, 1.165) is 11.3 Å². The van der Waals surface area contributed by atoms with E-state index in [-0.39, 0.29) is 0 Å². The van der Waals surface area contributed by atoms with Gasteiger partial charge in [0.05, 0.1) is 0 Å². The third-order valence-corrected chi connectivity index (χ3v) is 4.47. The van der Waals surface area contributed by atoms with Gasteiger partial charge in [0.15, 0.2) is 0 Å². The predicted molar refractivity (Wildman–Crippen MR) is 43.8 cm³/mol. The summed E-state index contributed by atoms with van der Waals surface area (Å²) in [6.45, 7) is 7.38. The van der Waals surface area contributed by atoms with Gasteiger partial charge in [-0.15, -0.1) is 0 Å². The van der Waals surface area contributed by atoms with Crippen molar-refractivity contribution in [1.82, 2.24) is 0 Å². The second-order valence-electron chi connectivity index (χ2n) is 4.94. The highest BCUT2D eigenvalue weighted by Gasteiger charge is 2.67. The second-order valence-corrected chi connectivity index (χ2v) is 4.94. The van der Waals surface area contributed by atoms with Gasteiger partial charge in [0.1, 0.15) is 0 Å². The summed E-state index contributed by atoms with van der Waals surface area (Å²) in [7, 11) is 0. The van der Waals surface area contributed by atoms with Crippen molar-refractivity contribution in [3.8, 4) is 0 Å². The second kappa shape index (κ2) is 1.60. The van der Waals surface area contributed by atoms with Crippen LogP contribution in [0.1, 0.15) is 46.5 Å². The summed E-state index contributed by atoms with van der Waals surface area (Å²) >= 11 is 0. The van der Waals surface area contributed by atoms with Crippen LogP contribution >= 0.6 is 0 Å². The van der Waals surface area contributed by atoms with Crippen molar-refractivity contribution in [3.05, 3.63) is 0 Å². The molecule has 0 heteroatoms. The molecule has 2 rings (SSSR count). The molecule has 0 radical (unpaired) electrons. The minimum atomic E-state index is 0.684. The van der Waals surface area contributed by atoms with Crippen molar-refractivity contribution in [2.75, 3.05) is 0 Å². The molecular formula is C10H18. The fourth-order valence-corrected chi connectivity index (χ4v) is 3.21. The van der Waals surface area contributed by atoms with Gasteiger partial charge in [-0.1, -0.05) is 33.6 Å². The zero-order valence-corrected chi connectivity index (χ0v) is 7.41. The lowest BCUT2D eigenvalue weighted by Crippen LogP contribution is -2.05. The van der Waals surface area contributed by atoms with Gasteiger partial charge in [0, 0.05) is 0 Å². The summed E-state index contributed by atoms with van der Waals surface area (Å²) in [5.41, 5.74) is 1.43. The van der Waals surface area contributed by atoms with Gasteiger partial charge in [-0.05, 0) is 29.6 Å². The lowest BCUT2D eigenvalue weighted by molar-refractivity contribution is 0.344. The molecule has 0 aromatic rings. The first-order chi connectivity index (χ1) is 4.59. The minimum Gasteiger partial charge on any atom is -0.0591 e. The van der Waals surface area contributed by atoms with Crippen molar-refractivity contribution in [2.24, 2.45) is 16.7 Å². The maximum atomic E-state index is 2.48. The van der Waals surface area contributed by atoms with Crippen molar-refractivity contribution in [2.45, 2.75) is 46.5 Å². The van der Waals surface area contributed by atoms with E-state index in [2.05, 4.69) is 20.8 Å². The number of hydrogen-bond donors (Lipinski definition) is 0. The molecule has 0 spiro atoms. The Morgan fingerprint density at radius 2 is 1.80 bits per heavy atom. The summed E-state index contributed by atoms with van der Waals surface area (Å²) in [4.78, 5) is 0. The highest BCUT2D eigenvalue weighted by Crippen LogP contribution is 2.74. The van der Waals surface area contributed by atoms with Crippen molar-refractivity contribution < 1.29 is 0 Å². The Hall–Kier alpha value is 0. The number of fused-ring (bicyclic) bond motifs is 1. The summed E-state index contributed by atoms with van der Waals surface area (Å²) in [6, 6.07) is 0. The lowest BCUT2D eigenvalue weighted by Gasteiger charge is -2.16. The molecule has 10 heavy (non-hydrogen) atoms. The maximum absolute atomic E-state index is 2.48. The number of hydrogen-bond acceptors (Lipinski definition) is 0. The third-order valence-electron chi connectivity index (χ3n) is 4.47. The molecule has 0 nitrogen and oxygen atoms in total. The quantitative estimate of drug-likeness (QED) is 0.482. The summed E-state index contributed by atoms with van der Waals surface area (Å²) in [5.74, 6) is 1.06. The Labute approximate surface area is 64.0 Å². The third kappa shape index (κ3) is 0.538. The molecule has 2 unspecified atom stereocenters. The molecule has 2 fully saturated rings. The molecule has 0 saturated heterocycles. The van der Waals surface area contributed by atoms with Gasteiger partial charge in [0.25, 0.3) is 0 Å². The van der Waals surface area contributed by atoms with Gasteiger partial charge < -0.3 is 0 Å². The molecule has 0 aromatic heterocycles. The predicted octanol–water partition coefficient (Wildman–Crippen LogP) is 3.22. The summed E-state index contributed by atoms with van der Waals surface area (Å²) in [6.07, 6.45) is 5.97. The zero-order chi connectivity index (χ0) is 7.41. The monoisotopic (exact) mass is 138 g/mol.